The summed E-state index contributed by atoms with van der Waals surface area (Å²) in [6.45, 7) is 13.9. The zero-order chi connectivity index (χ0) is 31.8. The minimum Gasteiger partial charge on any atom is -0.455 e. The van der Waals surface area contributed by atoms with Crippen LogP contribution in [0, 0.1) is 0 Å². The Morgan fingerprint density at radius 1 is 0.587 bits per heavy atom. The number of hydrogen-bond donors (Lipinski definition) is 0. The lowest BCUT2D eigenvalue weighted by Gasteiger charge is -2.32. The van der Waals surface area contributed by atoms with Gasteiger partial charge in [-0.05, 0) is 80.3 Å². The first-order chi connectivity index (χ1) is 22.1. The smallest absolute Gasteiger partial charge is 0.149 e. The van der Waals surface area contributed by atoms with Crippen LogP contribution in [0.2, 0.25) is 0 Å². The van der Waals surface area contributed by atoms with Gasteiger partial charge in [0.25, 0.3) is 0 Å². The molecule has 0 saturated carbocycles. The lowest BCUT2D eigenvalue weighted by molar-refractivity contribution is 0.563. The van der Waals surface area contributed by atoms with E-state index in [1.54, 1.807) is 0 Å². The third-order valence-corrected chi connectivity index (χ3v) is 9.25. The second kappa shape index (κ2) is 10.2. The minimum atomic E-state index is -0.146. The van der Waals surface area contributed by atoms with Crippen molar-refractivity contribution in [3.05, 3.63) is 132 Å². The van der Waals surface area contributed by atoms with Gasteiger partial charge in [0.1, 0.15) is 17.0 Å². The molecule has 46 heavy (non-hydrogen) atoms. The molecule has 0 amide bonds. The Labute approximate surface area is 270 Å². The highest BCUT2D eigenvalue weighted by Crippen LogP contribution is 2.45. The molecule has 0 aliphatic carbocycles. The second-order valence-electron chi connectivity index (χ2n) is 14.5. The maximum absolute atomic E-state index is 6.75. The predicted molar refractivity (Wildman–Crippen MR) is 194 cm³/mol. The summed E-state index contributed by atoms with van der Waals surface area (Å²) < 4.78 is 9.16. The third-order valence-electron chi connectivity index (χ3n) is 9.25. The Bertz CT molecular complexity index is 2390. The van der Waals surface area contributed by atoms with Crippen LogP contribution in [0.25, 0.3) is 71.9 Å². The fourth-order valence-corrected chi connectivity index (χ4v) is 6.99. The lowest BCUT2D eigenvalue weighted by Crippen LogP contribution is -2.22. The van der Waals surface area contributed by atoms with Crippen molar-refractivity contribution in [1.82, 2.24) is 9.55 Å². The lowest BCUT2D eigenvalue weighted by atomic mass is 9.76. The van der Waals surface area contributed by atoms with Gasteiger partial charge in [-0.25, -0.2) is 4.98 Å². The SMILES string of the molecule is CC(C)(C)c1cc(-c2ccccc2)cc(C(C)(C)C)c1-n1c(-c2cccc3c2oc2ccc4ccccc4c23)nc2ccccc21. The van der Waals surface area contributed by atoms with Crippen LogP contribution in [-0.4, -0.2) is 9.55 Å². The fourth-order valence-electron chi connectivity index (χ4n) is 6.99. The Morgan fingerprint density at radius 2 is 1.24 bits per heavy atom. The molecule has 8 rings (SSSR count). The van der Waals surface area contributed by atoms with Gasteiger partial charge in [-0.2, -0.15) is 0 Å². The maximum atomic E-state index is 6.75. The summed E-state index contributed by atoms with van der Waals surface area (Å²) in [6, 6.07) is 43.3. The molecule has 8 aromatic rings. The van der Waals surface area contributed by atoms with Crippen molar-refractivity contribution in [3.8, 4) is 28.2 Å². The second-order valence-corrected chi connectivity index (χ2v) is 14.5. The summed E-state index contributed by atoms with van der Waals surface area (Å²) in [5, 5.41) is 4.66. The van der Waals surface area contributed by atoms with Crippen molar-refractivity contribution in [2.45, 2.75) is 52.4 Å². The van der Waals surface area contributed by atoms with Crippen molar-refractivity contribution < 1.29 is 4.42 Å². The number of furan rings is 1. The van der Waals surface area contributed by atoms with E-state index in [2.05, 4.69) is 167 Å². The van der Waals surface area contributed by atoms with Gasteiger partial charge in [-0.1, -0.05) is 126 Å². The molecular weight excluding hydrogens is 560 g/mol. The van der Waals surface area contributed by atoms with E-state index < -0.39 is 0 Å². The number of nitrogens with zero attached hydrogens (tertiary/aromatic N) is 2. The highest BCUT2D eigenvalue weighted by molar-refractivity contribution is 6.20. The van der Waals surface area contributed by atoms with E-state index in [9.17, 15) is 0 Å². The fraction of sp³-hybridized carbons (Fsp3) is 0.186. The molecule has 2 aromatic heterocycles. The molecule has 0 bridgehead atoms. The quantitative estimate of drug-likeness (QED) is 0.203. The summed E-state index contributed by atoms with van der Waals surface area (Å²) in [4.78, 5) is 5.37. The number of rotatable bonds is 3. The molecule has 0 aliphatic rings. The van der Waals surface area contributed by atoms with Crippen LogP contribution in [0.15, 0.2) is 126 Å². The molecule has 0 atom stereocenters. The van der Waals surface area contributed by atoms with E-state index in [0.717, 1.165) is 44.4 Å². The van der Waals surface area contributed by atoms with Gasteiger partial charge >= 0.3 is 0 Å². The van der Waals surface area contributed by atoms with Gasteiger partial charge in [0, 0.05) is 10.8 Å². The van der Waals surface area contributed by atoms with Gasteiger partial charge < -0.3 is 4.42 Å². The first kappa shape index (κ1) is 28.3. The maximum Gasteiger partial charge on any atom is 0.149 e. The molecule has 0 radical (unpaired) electrons. The van der Waals surface area contributed by atoms with Crippen molar-refractivity contribution >= 4 is 43.7 Å². The zero-order valence-electron chi connectivity index (χ0n) is 27.3. The molecule has 3 nitrogen and oxygen atoms in total. The molecule has 3 heteroatoms. The van der Waals surface area contributed by atoms with Crippen molar-refractivity contribution in [2.75, 3.05) is 0 Å². The highest BCUT2D eigenvalue weighted by atomic mass is 16.3. The zero-order valence-corrected chi connectivity index (χ0v) is 27.3. The summed E-state index contributed by atoms with van der Waals surface area (Å²) in [6.07, 6.45) is 0. The molecule has 0 aliphatic heterocycles. The molecule has 0 fully saturated rings. The summed E-state index contributed by atoms with van der Waals surface area (Å²) in [5.41, 5.74) is 10.7. The predicted octanol–water partition coefficient (Wildman–Crippen LogP) is 12.0. The number of fused-ring (bicyclic) bond motifs is 6. The Kier molecular flexibility index (Phi) is 6.27. The standard InChI is InChI=1S/C43H38N2O/c1-42(2,3)33-25-29(27-15-8-7-9-16-27)26-34(43(4,5)6)39(33)45-36-22-13-12-21-35(36)44-41(45)32-20-14-19-31-38-30-18-11-10-17-28(30)23-24-37(38)46-40(31)32/h7-26H,1-6H3. The van der Waals surface area contributed by atoms with Crippen LogP contribution in [0.1, 0.15) is 52.7 Å². The van der Waals surface area contributed by atoms with E-state index in [1.807, 2.05) is 0 Å². The van der Waals surface area contributed by atoms with Crippen LogP contribution < -0.4 is 0 Å². The summed E-state index contributed by atoms with van der Waals surface area (Å²) in [7, 11) is 0. The highest BCUT2D eigenvalue weighted by Gasteiger charge is 2.31. The molecule has 0 N–H and O–H groups in total. The number of aromatic nitrogens is 2. The minimum absolute atomic E-state index is 0.146. The van der Waals surface area contributed by atoms with Gasteiger partial charge in [0.15, 0.2) is 0 Å². The van der Waals surface area contributed by atoms with Crippen LogP contribution >= 0.6 is 0 Å². The summed E-state index contributed by atoms with van der Waals surface area (Å²) >= 11 is 0. The van der Waals surface area contributed by atoms with Gasteiger partial charge in [-0.15, -0.1) is 0 Å². The Balaban J connectivity index is 1.51. The topological polar surface area (TPSA) is 31.0 Å². The molecule has 6 aromatic carbocycles. The number of benzene rings is 6. The van der Waals surface area contributed by atoms with Crippen LogP contribution in [0.5, 0.6) is 0 Å². The van der Waals surface area contributed by atoms with Crippen molar-refractivity contribution in [3.63, 3.8) is 0 Å². The molecule has 226 valence electrons. The van der Waals surface area contributed by atoms with E-state index in [4.69, 9.17) is 9.40 Å². The normalized spacial score (nSPS) is 12.6. The van der Waals surface area contributed by atoms with E-state index >= 15 is 0 Å². The van der Waals surface area contributed by atoms with E-state index in [1.165, 1.54) is 38.7 Å². The first-order valence-corrected chi connectivity index (χ1v) is 16.2. The van der Waals surface area contributed by atoms with Gasteiger partial charge in [0.05, 0.1) is 22.3 Å². The third kappa shape index (κ3) is 4.45. The monoisotopic (exact) mass is 598 g/mol. The molecule has 0 spiro atoms. The van der Waals surface area contributed by atoms with Gasteiger partial charge in [0.2, 0.25) is 0 Å². The largest absolute Gasteiger partial charge is 0.455 e. The Hall–Kier alpha value is -5.15. The van der Waals surface area contributed by atoms with Crippen LogP contribution in [0.3, 0.4) is 0 Å². The number of imidazole rings is 1. The molecule has 2 heterocycles. The molecule has 0 unspecified atom stereocenters. The summed E-state index contributed by atoms with van der Waals surface area (Å²) in [5.74, 6) is 0.888. The molecule has 0 saturated heterocycles. The Morgan fingerprint density at radius 3 is 1.98 bits per heavy atom. The average molecular weight is 599 g/mol. The van der Waals surface area contributed by atoms with E-state index in [-0.39, 0.29) is 10.8 Å². The first-order valence-electron chi connectivity index (χ1n) is 16.2. The van der Waals surface area contributed by atoms with Gasteiger partial charge in [-0.3, -0.25) is 4.57 Å². The number of hydrogen-bond acceptors (Lipinski definition) is 2. The van der Waals surface area contributed by atoms with Crippen molar-refractivity contribution in [1.29, 1.82) is 0 Å². The van der Waals surface area contributed by atoms with Crippen molar-refractivity contribution in [2.24, 2.45) is 0 Å². The van der Waals surface area contributed by atoms with E-state index in [0.29, 0.717) is 0 Å². The van der Waals surface area contributed by atoms with Crippen LogP contribution in [-0.2, 0) is 10.8 Å². The number of para-hydroxylation sites is 3. The van der Waals surface area contributed by atoms with Crippen LogP contribution in [0.4, 0.5) is 0 Å². The molecular formula is C43H38N2O. The average Bonchev–Trinajstić information content (AvgIpc) is 3.63.